The van der Waals surface area contributed by atoms with Crippen LogP contribution in [0.1, 0.15) is 101 Å². The van der Waals surface area contributed by atoms with Gasteiger partial charge in [-0.25, -0.2) is 0 Å². The summed E-state index contributed by atoms with van der Waals surface area (Å²) in [5.41, 5.74) is 1.22. The van der Waals surface area contributed by atoms with E-state index in [1.165, 1.54) is 5.57 Å². The van der Waals surface area contributed by atoms with Crippen molar-refractivity contribution in [2.24, 2.45) is 23.7 Å². The summed E-state index contributed by atoms with van der Waals surface area (Å²) in [7, 11) is -4.02. The quantitative estimate of drug-likeness (QED) is 0.176. The molecule has 1 saturated heterocycles. The second-order valence-electron chi connectivity index (χ2n) is 16.6. The number of ether oxygens (including phenoxy) is 2. The molecule has 0 aromatic carbocycles. The normalized spacial score (nSPS) is 31.1. The Kier molecular flexibility index (Phi) is 11.5. The minimum atomic E-state index is -2.02. The van der Waals surface area contributed by atoms with Gasteiger partial charge < -0.3 is 18.3 Å². The summed E-state index contributed by atoms with van der Waals surface area (Å²) in [4.78, 5) is 25.8. The van der Waals surface area contributed by atoms with E-state index in [-0.39, 0.29) is 64.2 Å². The van der Waals surface area contributed by atoms with Crippen molar-refractivity contribution >= 4 is 28.6 Å². The fraction of sp³-hybridized carbons (Fsp3) is 0.829. The third-order valence-corrected chi connectivity index (χ3v) is 20.2. The number of hydrogen-bond donors (Lipinski definition) is 0. The monoisotopic (exact) mass is 634 g/mol. The van der Waals surface area contributed by atoms with E-state index in [1.54, 1.807) is 0 Å². The van der Waals surface area contributed by atoms with Gasteiger partial charge in [0.25, 0.3) is 0 Å². The zero-order valence-electron chi connectivity index (χ0n) is 29.5. The second kappa shape index (κ2) is 13.6. The molecule has 0 unspecified atom stereocenters. The molecule has 8 heteroatoms. The van der Waals surface area contributed by atoms with Gasteiger partial charge in [-0.3, -0.25) is 9.59 Å². The molecule has 1 fully saturated rings. The van der Waals surface area contributed by atoms with Crippen LogP contribution in [0.3, 0.4) is 0 Å². The molecular formula is C35H62O6Si2. The highest BCUT2D eigenvalue weighted by Gasteiger charge is 2.46. The van der Waals surface area contributed by atoms with Gasteiger partial charge in [0.15, 0.2) is 16.6 Å². The average Bonchev–Trinajstić information content (AvgIpc) is 2.85. The van der Waals surface area contributed by atoms with Crippen molar-refractivity contribution < 1.29 is 27.9 Å². The number of rotatable bonds is 10. The van der Waals surface area contributed by atoms with E-state index in [2.05, 4.69) is 92.9 Å². The summed E-state index contributed by atoms with van der Waals surface area (Å²) in [5.74, 6) is 0.298. The lowest BCUT2D eigenvalue weighted by atomic mass is 9.66. The van der Waals surface area contributed by atoms with Crippen molar-refractivity contribution in [3.63, 3.8) is 0 Å². The van der Waals surface area contributed by atoms with Crippen LogP contribution in [-0.2, 0) is 27.9 Å². The Morgan fingerprint density at radius 2 is 1.60 bits per heavy atom. The third-order valence-electron chi connectivity index (χ3n) is 11.2. The molecule has 6 nitrogen and oxygen atoms in total. The summed E-state index contributed by atoms with van der Waals surface area (Å²) in [6, 6.07) is 0. The number of carbonyl (C=O) groups is 2. The van der Waals surface area contributed by atoms with Gasteiger partial charge in [-0.05, 0) is 72.9 Å². The van der Waals surface area contributed by atoms with E-state index in [0.29, 0.717) is 18.8 Å². The molecule has 3 rings (SSSR count). The minimum absolute atomic E-state index is 0.0758. The molecule has 43 heavy (non-hydrogen) atoms. The molecule has 0 N–H and O–H groups in total. The van der Waals surface area contributed by atoms with Crippen LogP contribution >= 0.6 is 0 Å². The van der Waals surface area contributed by atoms with Gasteiger partial charge in [0.1, 0.15) is 12.2 Å². The smallest absolute Gasteiger partial charge is 0.308 e. The van der Waals surface area contributed by atoms with Gasteiger partial charge in [-0.1, -0.05) is 80.5 Å². The number of allylic oxidation sites excluding steroid dienone is 2. The Hall–Kier alpha value is -1.23. The molecule has 2 aliphatic carbocycles. The van der Waals surface area contributed by atoms with E-state index >= 15 is 0 Å². The summed E-state index contributed by atoms with van der Waals surface area (Å²) in [5, 5.41) is 0.180. The largest absolute Gasteiger partial charge is 0.462 e. The molecule has 0 spiro atoms. The van der Waals surface area contributed by atoms with Crippen LogP contribution in [0.25, 0.3) is 0 Å². The van der Waals surface area contributed by atoms with E-state index in [4.69, 9.17) is 18.3 Å². The van der Waals surface area contributed by atoms with E-state index < -0.39 is 16.6 Å². The maximum atomic E-state index is 13.2. The minimum Gasteiger partial charge on any atom is -0.462 e. The predicted octanol–water partition coefficient (Wildman–Crippen LogP) is 8.98. The molecule has 1 aliphatic heterocycles. The van der Waals surface area contributed by atoms with Gasteiger partial charge >= 0.3 is 11.9 Å². The lowest BCUT2D eigenvalue weighted by Crippen LogP contribution is -2.48. The van der Waals surface area contributed by atoms with Crippen LogP contribution in [0.5, 0.6) is 0 Å². The van der Waals surface area contributed by atoms with Gasteiger partial charge in [0, 0.05) is 18.8 Å². The first kappa shape index (κ1) is 36.2. The highest BCUT2D eigenvalue weighted by Crippen LogP contribution is 2.47. The van der Waals surface area contributed by atoms with Crippen LogP contribution in [0.15, 0.2) is 23.8 Å². The zero-order chi connectivity index (χ0) is 32.5. The second-order valence-corrected chi connectivity index (χ2v) is 26.2. The Morgan fingerprint density at radius 1 is 1.00 bits per heavy atom. The molecule has 0 amide bonds. The number of cyclic esters (lactones) is 1. The topological polar surface area (TPSA) is 71.1 Å². The van der Waals surface area contributed by atoms with E-state index in [9.17, 15) is 9.59 Å². The van der Waals surface area contributed by atoms with Crippen molar-refractivity contribution in [3.8, 4) is 0 Å². The van der Waals surface area contributed by atoms with Crippen molar-refractivity contribution in [3.05, 3.63) is 23.8 Å². The first-order valence-corrected chi connectivity index (χ1v) is 22.6. The van der Waals surface area contributed by atoms with Crippen LogP contribution < -0.4 is 0 Å². The molecular weight excluding hydrogens is 573 g/mol. The summed E-state index contributed by atoms with van der Waals surface area (Å²) in [6.45, 7) is 28.8. The average molecular weight is 635 g/mol. The summed E-state index contributed by atoms with van der Waals surface area (Å²) >= 11 is 0. The molecule has 0 aromatic heterocycles. The van der Waals surface area contributed by atoms with Crippen molar-refractivity contribution in [2.45, 2.75) is 162 Å². The molecule has 0 bridgehead atoms. The molecule has 0 radical (unpaired) electrons. The van der Waals surface area contributed by atoms with Gasteiger partial charge in [-0.2, -0.15) is 0 Å². The Morgan fingerprint density at radius 3 is 2.19 bits per heavy atom. The summed E-state index contributed by atoms with van der Waals surface area (Å²) < 4.78 is 25.8. The Bertz CT molecular complexity index is 1050. The van der Waals surface area contributed by atoms with Crippen LogP contribution in [0.4, 0.5) is 0 Å². The van der Waals surface area contributed by atoms with Gasteiger partial charge in [0.2, 0.25) is 0 Å². The fourth-order valence-electron chi connectivity index (χ4n) is 6.12. The van der Waals surface area contributed by atoms with Crippen molar-refractivity contribution in [1.82, 2.24) is 0 Å². The highest BCUT2D eigenvalue weighted by molar-refractivity contribution is 6.74. The number of esters is 2. The third kappa shape index (κ3) is 8.95. The van der Waals surface area contributed by atoms with E-state index in [0.717, 1.165) is 25.7 Å². The zero-order valence-corrected chi connectivity index (χ0v) is 31.5. The Labute approximate surface area is 265 Å². The maximum Gasteiger partial charge on any atom is 0.308 e. The predicted molar refractivity (Wildman–Crippen MR) is 180 cm³/mol. The molecule has 0 saturated carbocycles. The van der Waals surface area contributed by atoms with Crippen LogP contribution in [0.2, 0.25) is 36.3 Å². The summed E-state index contributed by atoms with van der Waals surface area (Å²) in [6.07, 6.45) is 10.5. The molecule has 246 valence electrons. The Balaban J connectivity index is 1.82. The van der Waals surface area contributed by atoms with Crippen molar-refractivity contribution in [1.29, 1.82) is 0 Å². The number of hydrogen-bond acceptors (Lipinski definition) is 6. The molecule has 8 atom stereocenters. The van der Waals surface area contributed by atoms with Crippen LogP contribution in [0, 0.1) is 23.7 Å². The standard InChI is InChI=1S/C35H62O6Si2/c1-14-23(2)33(37)39-30-21-27(40-42(10,11)34(4,5)6)19-25-16-15-24(3)29(32(25)30)18-17-26-20-28(22-31(36)38-26)41-43(12,13)35(7,8)9/h15-16,19,23-24,26-30,32H,14,17-18,20-22H2,1-13H3/t23-,24-,26+,27+,28+,29-,30-,32-/m0/s1. The fourth-order valence-corrected chi connectivity index (χ4v) is 8.76. The lowest BCUT2D eigenvalue weighted by Gasteiger charge is -2.46. The van der Waals surface area contributed by atoms with E-state index in [1.807, 2.05) is 13.8 Å². The first-order chi connectivity index (χ1) is 19.6. The highest BCUT2D eigenvalue weighted by atomic mass is 28.4. The lowest BCUT2D eigenvalue weighted by molar-refractivity contribution is -0.162. The number of fused-ring (bicyclic) bond motifs is 1. The molecule has 3 aliphatic rings. The molecule has 0 aromatic rings. The van der Waals surface area contributed by atoms with Crippen LogP contribution in [-0.4, -0.2) is 53.0 Å². The van der Waals surface area contributed by atoms with Gasteiger partial charge in [-0.15, -0.1) is 0 Å². The molecule has 1 heterocycles. The number of carbonyl (C=O) groups excluding carboxylic acids is 2. The van der Waals surface area contributed by atoms with Crippen molar-refractivity contribution in [2.75, 3.05) is 0 Å². The SMILES string of the molecule is CC[C@H](C)C(=O)O[C@H]1C[C@H](O[Si](C)(C)C(C)(C)C)C=C2C=C[C@H](C)[C@H](CC[C@@H]3C[C@@H](O[Si](C)(C)C(C)(C)C)CC(=O)O3)[C@H]21. The maximum absolute atomic E-state index is 13.2. The van der Waals surface area contributed by atoms with Gasteiger partial charge in [0.05, 0.1) is 24.5 Å². The first-order valence-electron chi connectivity index (χ1n) is 16.8.